The summed E-state index contributed by atoms with van der Waals surface area (Å²) in [6, 6.07) is 13.1. The highest BCUT2D eigenvalue weighted by atomic mass is 32.2. The molecule has 8 nitrogen and oxygen atoms in total. The van der Waals surface area contributed by atoms with Crippen molar-refractivity contribution in [3.05, 3.63) is 78.4 Å². The van der Waals surface area contributed by atoms with Crippen LogP contribution in [-0.2, 0) is 17.8 Å². The fraction of sp³-hybridized carbons (Fsp3) is 0.280. The average molecular weight is 498 g/mol. The molecule has 0 saturated heterocycles. The van der Waals surface area contributed by atoms with Gasteiger partial charge in [-0.05, 0) is 38.1 Å². The summed E-state index contributed by atoms with van der Waals surface area (Å²) in [5.74, 6) is -0.0422. The highest BCUT2D eigenvalue weighted by Crippen LogP contribution is 2.27. The number of thioether (sulfide) groups is 1. The molecule has 2 amide bonds. The number of hydrogen-bond acceptors (Lipinski definition) is 6. The molecule has 0 radical (unpaired) electrons. The quantitative estimate of drug-likeness (QED) is 0.289. The maximum absolute atomic E-state index is 13.8. The SMILES string of the molecule is C=CCn1c(CCNC(=O)c2ccccc2F)nnc1S[C@H](C)C(=O)Nc1ccccc1OCC. The van der Waals surface area contributed by atoms with Crippen LogP contribution in [0, 0.1) is 5.82 Å². The van der Waals surface area contributed by atoms with Crippen LogP contribution >= 0.6 is 11.8 Å². The van der Waals surface area contributed by atoms with Gasteiger partial charge < -0.3 is 19.9 Å². The predicted octanol–water partition coefficient (Wildman–Crippen LogP) is 4.09. The molecule has 10 heteroatoms. The molecule has 3 aromatic rings. The number of anilines is 1. The lowest BCUT2D eigenvalue weighted by molar-refractivity contribution is -0.115. The minimum atomic E-state index is -0.574. The number of hydrogen-bond donors (Lipinski definition) is 2. The zero-order valence-corrected chi connectivity index (χ0v) is 20.5. The molecule has 0 aliphatic rings. The molecule has 0 unspecified atom stereocenters. The van der Waals surface area contributed by atoms with Crippen LogP contribution in [0.3, 0.4) is 0 Å². The van der Waals surface area contributed by atoms with Gasteiger partial charge in [-0.1, -0.05) is 42.1 Å². The number of carbonyl (C=O) groups excluding carboxylic acids is 2. The molecule has 0 aliphatic carbocycles. The largest absolute Gasteiger partial charge is 0.492 e. The van der Waals surface area contributed by atoms with E-state index < -0.39 is 17.0 Å². The molecule has 35 heavy (non-hydrogen) atoms. The van der Waals surface area contributed by atoms with Crippen molar-refractivity contribution in [2.75, 3.05) is 18.5 Å². The number of rotatable bonds is 12. The van der Waals surface area contributed by atoms with Gasteiger partial charge in [0.2, 0.25) is 5.91 Å². The highest BCUT2D eigenvalue weighted by molar-refractivity contribution is 8.00. The molecule has 0 fully saturated rings. The Morgan fingerprint density at radius 1 is 1.20 bits per heavy atom. The predicted molar refractivity (Wildman–Crippen MR) is 134 cm³/mol. The summed E-state index contributed by atoms with van der Waals surface area (Å²) in [4.78, 5) is 25.1. The Balaban J connectivity index is 1.62. The minimum Gasteiger partial charge on any atom is -0.492 e. The molecule has 2 N–H and O–H groups in total. The van der Waals surface area contributed by atoms with Gasteiger partial charge in [-0.2, -0.15) is 0 Å². The van der Waals surface area contributed by atoms with Crippen LogP contribution in [0.4, 0.5) is 10.1 Å². The van der Waals surface area contributed by atoms with Gasteiger partial charge in [-0.15, -0.1) is 16.8 Å². The first-order valence-corrected chi connectivity index (χ1v) is 12.1. The number of aromatic nitrogens is 3. The molecule has 1 aromatic heterocycles. The monoisotopic (exact) mass is 497 g/mol. The third-order valence-electron chi connectivity index (χ3n) is 4.95. The van der Waals surface area contributed by atoms with E-state index in [1.165, 1.54) is 30.0 Å². The maximum Gasteiger partial charge on any atom is 0.254 e. The molecule has 1 atom stereocenters. The minimum absolute atomic E-state index is 0.0120. The topological polar surface area (TPSA) is 98.1 Å². The number of amides is 2. The van der Waals surface area contributed by atoms with Crippen LogP contribution in [0.25, 0.3) is 0 Å². The van der Waals surface area contributed by atoms with E-state index in [1.54, 1.807) is 31.2 Å². The second-order valence-electron chi connectivity index (χ2n) is 7.46. The van der Waals surface area contributed by atoms with E-state index in [0.29, 0.717) is 42.0 Å². The normalized spacial score (nSPS) is 11.5. The molecule has 2 aromatic carbocycles. The number of halogens is 1. The molecule has 0 saturated carbocycles. The number of allylic oxidation sites excluding steroid dienone is 1. The van der Waals surface area contributed by atoms with Crippen molar-refractivity contribution in [2.45, 2.75) is 37.2 Å². The smallest absolute Gasteiger partial charge is 0.254 e. The van der Waals surface area contributed by atoms with E-state index in [1.807, 2.05) is 23.6 Å². The van der Waals surface area contributed by atoms with Gasteiger partial charge in [-0.3, -0.25) is 9.59 Å². The second kappa shape index (κ2) is 12.7. The molecular formula is C25H28FN5O3S. The van der Waals surface area contributed by atoms with Crippen molar-refractivity contribution in [1.29, 1.82) is 0 Å². The average Bonchev–Trinajstić information content (AvgIpc) is 3.21. The highest BCUT2D eigenvalue weighted by Gasteiger charge is 2.21. The number of ether oxygens (including phenoxy) is 1. The second-order valence-corrected chi connectivity index (χ2v) is 8.77. The van der Waals surface area contributed by atoms with Crippen molar-refractivity contribution in [3.8, 4) is 5.75 Å². The third kappa shape index (κ3) is 6.92. The van der Waals surface area contributed by atoms with Gasteiger partial charge in [0.25, 0.3) is 5.91 Å². The number of nitrogens with zero attached hydrogens (tertiary/aromatic N) is 3. The first-order chi connectivity index (χ1) is 16.9. The van der Waals surface area contributed by atoms with E-state index in [4.69, 9.17) is 4.74 Å². The maximum atomic E-state index is 13.8. The Morgan fingerprint density at radius 2 is 1.94 bits per heavy atom. The van der Waals surface area contributed by atoms with Gasteiger partial charge in [0.15, 0.2) is 5.16 Å². The Kier molecular flexibility index (Phi) is 9.42. The lowest BCUT2D eigenvalue weighted by atomic mass is 10.2. The van der Waals surface area contributed by atoms with Gasteiger partial charge in [0.05, 0.1) is 23.1 Å². The Bertz CT molecular complexity index is 1180. The first-order valence-electron chi connectivity index (χ1n) is 11.2. The third-order valence-corrected chi connectivity index (χ3v) is 6.03. The molecule has 0 aliphatic heterocycles. The number of para-hydroxylation sites is 2. The van der Waals surface area contributed by atoms with Gasteiger partial charge in [0, 0.05) is 19.5 Å². The number of carbonyl (C=O) groups is 2. The number of nitrogens with one attached hydrogen (secondary N) is 2. The summed E-state index contributed by atoms with van der Waals surface area (Å²) < 4.78 is 21.2. The zero-order chi connectivity index (χ0) is 25.2. The van der Waals surface area contributed by atoms with Crippen LogP contribution < -0.4 is 15.4 Å². The molecule has 1 heterocycles. The van der Waals surface area contributed by atoms with Gasteiger partial charge in [0.1, 0.15) is 17.4 Å². The Hall–Kier alpha value is -3.66. The Labute approximate surface area is 208 Å². The van der Waals surface area contributed by atoms with Crippen molar-refractivity contribution in [3.63, 3.8) is 0 Å². The molecule has 0 bridgehead atoms. The summed E-state index contributed by atoms with van der Waals surface area (Å²) in [5, 5.41) is 14.1. The van der Waals surface area contributed by atoms with Gasteiger partial charge >= 0.3 is 0 Å². The van der Waals surface area contributed by atoms with Crippen molar-refractivity contribution in [2.24, 2.45) is 0 Å². The summed E-state index contributed by atoms with van der Waals surface area (Å²) in [6.07, 6.45) is 2.09. The first kappa shape index (κ1) is 26.0. The summed E-state index contributed by atoms with van der Waals surface area (Å²) in [5.41, 5.74) is 0.590. The molecular weight excluding hydrogens is 469 g/mol. The molecule has 0 spiro atoms. The standard InChI is InChI=1S/C25H28FN5O3S/c1-4-16-31-22(14-15-27-24(33)18-10-6-7-11-19(18)26)29-30-25(31)35-17(3)23(32)28-20-12-8-9-13-21(20)34-5-2/h4,6-13,17H,1,5,14-16H2,2-3H3,(H,27,33)(H,28,32)/t17-/m1/s1. The van der Waals surface area contributed by atoms with Crippen LogP contribution in [0.2, 0.25) is 0 Å². The van der Waals surface area contributed by atoms with Crippen LogP contribution in [0.1, 0.15) is 30.0 Å². The molecule has 3 rings (SSSR count). The summed E-state index contributed by atoms with van der Waals surface area (Å²) in [7, 11) is 0. The number of benzene rings is 2. The van der Waals surface area contributed by atoms with E-state index in [0.717, 1.165) is 0 Å². The van der Waals surface area contributed by atoms with Crippen molar-refractivity contribution >= 4 is 29.3 Å². The van der Waals surface area contributed by atoms with E-state index >= 15 is 0 Å². The zero-order valence-electron chi connectivity index (χ0n) is 19.7. The van der Waals surface area contributed by atoms with Crippen LogP contribution in [-0.4, -0.2) is 45.0 Å². The van der Waals surface area contributed by atoms with Gasteiger partial charge in [-0.25, -0.2) is 4.39 Å². The summed E-state index contributed by atoms with van der Waals surface area (Å²) >= 11 is 1.27. The van der Waals surface area contributed by atoms with Crippen LogP contribution in [0.15, 0.2) is 66.3 Å². The van der Waals surface area contributed by atoms with E-state index in [9.17, 15) is 14.0 Å². The van der Waals surface area contributed by atoms with Crippen molar-refractivity contribution < 1.29 is 18.7 Å². The van der Waals surface area contributed by atoms with E-state index in [2.05, 4.69) is 27.4 Å². The Morgan fingerprint density at radius 3 is 2.69 bits per heavy atom. The fourth-order valence-electron chi connectivity index (χ4n) is 3.23. The van der Waals surface area contributed by atoms with E-state index in [-0.39, 0.29) is 18.0 Å². The molecule has 184 valence electrons. The summed E-state index contributed by atoms with van der Waals surface area (Å²) in [6.45, 7) is 8.62. The van der Waals surface area contributed by atoms with Crippen LogP contribution in [0.5, 0.6) is 5.75 Å². The lowest BCUT2D eigenvalue weighted by Crippen LogP contribution is -2.27. The van der Waals surface area contributed by atoms with Crippen molar-refractivity contribution in [1.82, 2.24) is 20.1 Å². The fourth-order valence-corrected chi connectivity index (χ4v) is 4.11. The lowest BCUT2D eigenvalue weighted by Gasteiger charge is -2.15.